The molecule has 0 saturated carbocycles. The molecule has 0 heterocycles. The van der Waals surface area contributed by atoms with Gasteiger partial charge in [0.05, 0.1) is 7.11 Å². The zero-order chi connectivity index (χ0) is 13.1. The summed E-state index contributed by atoms with van der Waals surface area (Å²) in [5, 5.41) is 10.2. The third-order valence-corrected chi connectivity index (χ3v) is 2.89. The van der Waals surface area contributed by atoms with Gasteiger partial charge in [0.2, 0.25) is 0 Å². The number of ether oxygens (including phenoxy) is 1. The van der Waals surface area contributed by atoms with E-state index in [1.165, 1.54) is 13.2 Å². The van der Waals surface area contributed by atoms with Crippen LogP contribution >= 0.6 is 0 Å². The first kappa shape index (κ1) is 12.6. The summed E-state index contributed by atoms with van der Waals surface area (Å²) >= 11 is 0. The summed E-state index contributed by atoms with van der Waals surface area (Å²) in [6.07, 6.45) is -0.778. The maximum atomic E-state index is 13.6. The monoisotopic (exact) mass is 246 g/mol. The summed E-state index contributed by atoms with van der Waals surface area (Å²) in [5.41, 5.74) is 1.85. The highest BCUT2D eigenvalue weighted by atomic mass is 19.1. The number of aryl methyl sites for hydroxylation is 1. The molecule has 94 valence electrons. The minimum Gasteiger partial charge on any atom is -0.494 e. The van der Waals surface area contributed by atoms with E-state index >= 15 is 0 Å². The summed E-state index contributed by atoms with van der Waals surface area (Å²) in [6, 6.07) is 12.4. The zero-order valence-electron chi connectivity index (χ0n) is 10.4. The van der Waals surface area contributed by atoms with Crippen molar-refractivity contribution in [2.24, 2.45) is 0 Å². The van der Waals surface area contributed by atoms with Gasteiger partial charge < -0.3 is 9.84 Å². The maximum absolute atomic E-state index is 13.6. The first-order valence-electron chi connectivity index (χ1n) is 5.70. The van der Waals surface area contributed by atoms with E-state index in [1.807, 2.05) is 30.3 Å². The molecule has 1 atom stereocenters. The topological polar surface area (TPSA) is 29.5 Å². The Balaban J connectivity index is 2.43. The van der Waals surface area contributed by atoms with Gasteiger partial charge in [-0.15, -0.1) is 0 Å². The van der Waals surface area contributed by atoms with Crippen LogP contribution in [0.15, 0.2) is 42.5 Å². The molecule has 3 heteroatoms. The van der Waals surface area contributed by atoms with Crippen LogP contribution in [0.25, 0.3) is 0 Å². The summed E-state index contributed by atoms with van der Waals surface area (Å²) in [4.78, 5) is 0. The van der Waals surface area contributed by atoms with Gasteiger partial charge in [-0.25, -0.2) is 4.39 Å². The predicted molar refractivity (Wildman–Crippen MR) is 68.2 cm³/mol. The first-order valence-corrected chi connectivity index (χ1v) is 5.70. The molecule has 0 radical (unpaired) electrons. The first-order chi connectivity index (χ1) is 8.63. The van der Waals surface area contributed by atoms with Crippen molar-refractivity contribution in [2.75, 3.05) is 7.11 Å². The second-order valence-electron chi connectivity index (χ2n) is 4.17. The molecule has 1 unspecified atom stereocenters. The molecule has 0 aliphatic rings. The minimum atomic E-state index is -0.778. The number of hydrogen-bond acceptors (Lipinski definition) is 2. The highest BCUT2D eigenvalue weighted by molar-refractivity contribution is 5.40. The summed E-state index contributed by atoms with van der Waals surface area (Å²) in [7, 11) is 1.41. The van der Waals surface area contributed by atoms with Crippen molar-refractivity contribution in [3.63, 3.8) is 0 Å². The average Bonchev–Trinajstić information content (AvgIpc) is 2.42. The van der Waals surface area contributed by atoms with Crippen LogP contribution < -0.4 is 4.74 Å². The highest BCUT2D eigenvalue weighted by Crippen LogP contribution is 2.29. The Hall–Kier alpha value is -1.87. The summed E-state index contributed by atoms with van der Waals surface area (Å²) < 4.78 is 18.6. The number of methoxy groups -OCH3 is 1. The Kier molecular flexibility index (Phi) is 3.63. The molecular weight excluding hydrogens is 231 g/mol. The van der Waals surface area contributed by atoms with Crippen molar-refractivity contribution >= 4 is 0 Å². The molecule has 0 aliphatic heterocycles. The predicted octanol–water partition coefficient (Wildman–Crippen LogP) is 3.22. The third kappa shape index (κ3) is 2.36. The highest BCUT2D eigenvalue weighted by Gasteiger charge is 2.15. The third-order valence-electron chi connectivity index (χ3n) is 2.89. The Morgan fingerprint density at radius 1 is 1.11 bits per heavy atom. The maximum Gasteiger partial charge on any atom is 0.167 e. The Bertz CT molecular complexity index is 538. The molecular formula is C15H15FO2. The molecule has 2 aromatic carbocycles. The van der Waals surface area contributed by atoms with Crippen LogP contribution in [0.3, 0.4) is 0 Å². The second-order valence-corrected chi connectivity index (χ2v) is 4.17. The summed E-state index contributed by atoms with van der Waals surface area (Å²) in [5.74, 6) is -0.235. The van der Waals surface area contributed by atoms with Crippen molar-refractivity contribution in [3.8, 4) is 5.75 Å². The van der Waals surface area contributed by atoms with Gasteiger partial charge in [-0.3, -0.25) is 0 Å². The molecule has 18 heavy (non-hydrogen) atoms. The van der Waals surface area contributed by atoms with Crippen molar-refractivity contribution in [2.45, 2.75) is 13.0 Å². The normalized spacial score (nSPS) is 12.2. The van der Waals surface area contributed by atoms with E-state index in [2.05, 4.69) is 0 Å². The molecule has 0 fully saturated rings. The van der Waals surface area contributed by atoms with E-state index in [0.717, 1.165) is 5.56 Å². The summed E-state index contributed by atoms with van der Waals surface area (Å²) in [6.45, 7) is 1.65. The van der Waals surface area contributed by atoms with Crippen LogP contribution in [0.4, 0.5) is 4.39 Å². The Labute approximate surface area is 106 Å². The standard InChI is InChI=1S/C15H15FO2/c1-10-8-12(9-13(18-2)14(10)16)15(17)11-6-4-3-5-7-11/h3-9,15,17H,1-2H3. The zero-order valence-corrected chi connectivity index (χ0v) is 10.4. The number of hydrogen-bond donors (Lipinski definition) is 1. The van der Waals surface area contributed by atoms with Crippen LogP contribution in [0.1, 0.15) is 22.8 Å². The molecule has 0 bridgehead atoms. The quantitative estimate of drug-likeness (QED) is 0.901. The van der Waals surface area contributed by atoms with Crippen molar-refractivity contribution in [1.29, 1.82) is 0 Å². The van der Waals surface area contributed by atoms with Crippen molar-refractivity contribution in [3.05, 3.63) is 65.0 Å². The fourth-order valence-electron chi connectivity index (χ4n) is 1.90. The van der Waals surface area contributed by atoms with Gasteiger partial charge in [0.25, 0.3) is 0 Å². The van der Waals surface area contributed by atoms with Crippen molar-refractivity contribution in [1.82, 2.24) is 0 Å². The van der Waals surface area contributed by atoms with E-state index in [9.17, 15) is 9.50 Å². The molecule has 0 amide bonds. The Morgan fingerprint density at radius 3 is 2.39 bits per heavy atom. The van der Waals surface area contributed by atoms with Gasteiger partial charge in [0, 0.05) is 0 Å². The number of aliphatic hydroxyl groups excluding tert-OH is 1. The van der Waals surface area contributed by atoms with Crippen LogP contribution in [0.2, 0.25) is 0 Å². The van der Waals surface area contributed by atoms with E-state index in [4.69, 9.17) is 4.74 Å². The molecule has 1 N–H and O–H groups in total. The molecule has 0 saturated heterocycles. The van der Waals surface area contributed by atoms with Crippen LogP contribution in [0, 0.1) is 12.7 Å². The Morgan fingerprint density at radius 2 is 1.78 bits per heavy atom. The lowest BCUT2D eigenvalue weighted by molar-refractivity contribution is 0.219. The van der Waals surface area contributed by atoms with Gasteiger partial charge >= 0.3 is 0 Å². The lowest BCUT2D eigenvalue weighted by Crippen LogP contribution is -2.02. The molecule has 0 aliphatic carbocycles. The van der Waals surface area contributed by atoms with Gasteiger partial charge in [0.1, 0.15) is 6.10 Å². The smallest absolute Gasteiger partial charge is 0.167 e. The van der Waals surface area contributed by atoms with Gasteiger partial charge in [-0.1, -0.05) is 30.3 Å². The molecule has 2 nitrogen and oxygen atoms in total. The van der Waals surface area contributed by atoms with Gasteiger partial charge in [0.15, 0.2) is 11.6 Å². The van der Waals surface area contributed by atoms with Gasteiger partial charge in [-0.2, -0.15) is 0 Å². The van der Waals surface area contributed by atoms with E-state index in [0.29, 0.717) is 11.1 Å². The van der Waals surface area contributed by atoms with Crippen LogP contribution in [0.5, 0.6) is 5.75 Å². The van der Waals surface area contributed by atoms with Crippen molar-refractivity contribution < 1.29 is 14.2 Å². The molecule has 0 aromatic heterocycles. The molecule has 2 aromatic rings. The average molecular weight is 246 g/mol. The van der Waals surface area contributed by atoms with Gasteiger partial charge in [-0.05, 0) is 35.7 Å². The molecule has 2 rings (SSSR count). The minimum absolute atomic E-state index is 0.153. The fraction of sp³-hybridized carbons (Fsp3) is 0.200. The largest absolute Gasteiger partial charge is 0.494 e. The molecule has 0 spiro atoms. The lowest BCUT2D eigenvalue weighted by atomic mass is 9.99. The second kappa shape index (κ2) is 5.19. The number of aliphatic hydroxyl groups is 1. The number of halogens is 1. The van der Waals surface area contributed by atoms with E-state index in [-0.39, 0.29) is 11.6 Å². The fourth-order valence-corrected chi connectivity index (χ4v) is 1.90. The van der Waals surface area contributed by atoms with E-state index < -0.39 is 6.10 Å². The van der Waals surface area contributed by atoms with Crippen LogP contribution in [-0.4, -0.2) is 12.2 Å². The number of benzene rings is 2. The van der Waals surface area contributed by atoms with Crippen LogP contribution in [-0.2, 0) is 0 Å². The SMILES string of the molecule is COc1cc(C(O)c2ccccc2)cc(C)c1F. The van der Waals surface area contributed by atoms with E-state index in [1.54, 1.807) is 13.0 Å². The lowest BCUT2D eigenvalue weighted by Gasteiger charge is -2.14. The number of rotatable bonds is 3.